The molecule has 0 spiro atoms. The molecule has 0 bridgehead atoms. The first-order valence-electron chi connectivity index (χ1n) is 10.7. The van der Waals surface area contributed by atoms with Gasteiger partial charge in [0.2, 0.25) is 6.29 Å². The van der Waals surface area contributed by atoms with Crippen LogP contribution >= 0.6 is 0 Å². The highest BCUT2D eigenvalue weighted by Gasteiger charge is 2.59. The van der Waals surface area contributed by atoms with Crippen LogP contribution in [0.5, 0.6) is 0 Å². The van der Waals surface area contributed by atoms with E-state index in [1.165, 1.54) is 0 Å². The van der Waals surface area contributed by atoms with Gasteiger partial charge in [-0.05, 0) is 0 Å². The van der Waals surface area contributed by atoms with Crippen molar-refractivity contribution in [3.63, 3.8) is 0 Å². The van der Waals surface area contributed by atoms with E-state index in [1.54, 1.807) is 0 Å². The lowest BCUT2D eigenvalue weighted by atomic mass is 9.95. The van der Waals surface area contributed by atoms with Crippen LogP contribution in [0.15, 0.2) is 0 Å². The molecule has 0 amide bonds. The molecule has 11 N–H and O–H groups in total. The standard InChI is InChI=1S/C18H31FO16/c19-18(30)14(28)7(23)4(1-20)33-17(18)35-13-6(3-22)32-16(11(27)9(13)25)34-12-5(2-21)31-15(29)10(26)8(12)24/h4-17,20-30H,1-3H2/t4-,5-,6-,7-,8-,9-,10-,11-,12-,13-,14+,15?,16-,17-,18-/m1/s1. The molecule has 17 heteroatoms. The number of halogens is 1. The third kappa shape index (κ3) is 5.46. The molecule has 0 aromatic rings. The van der Waals surface area contributed by atoms with E-state index in [1.807, 2.05) is 0 Å². The Labute approximate surface area is 196 Å². The molecule has 3 rings (SSSR count). The molecule has 35 heavy (non-hydrogen) atoms. The van der Waals surface area contributed by atoms with Crippen LogP contribution in [0.4, 0.5) is 4.39 Å². The predicted octanol–water partition coefficient (Wildman–Crippen LogP) is -7.28. The van der Waals surface area contributed by atoms with Crippen molar-refractivity contribution in [3.8, 4) is 0 Å². The molecule has 3 aliphatic heterocycles. The van der Waals surface area contributed by atoms with Crippen molar-refractivity contribution in [2.75, 3.05) is 19.8 Å². The van der Waals surface area contributed by atoms with Gasteiger partial charge in [-0.25, -0.2) is 4.39 Å². The maximum Gasteiger partial charge on any atom is 0.287 e. The lowest BCUT2D eigenvalue weighted by Crippen LogP contribution is -2.68. The van der Waals surface area contributed by atoms with Gasteiger partial charge in [0.25, 0.3) is 5.85 Å². The maximum atomic E-state index is 14.7. The summed E-state index contributed by atoms with van der Waals surface area (Å²) >= 11 is 0. The summed E-state index contributed by atoms with van der Waals surface area (Å²) in [6.45, 7) is -2.67. The summed E-state index contributed by atoms with van der Waals surface area (Å²) in [5, 5.41) is 108. The van der Waals surface area contributed by atoms with Gasteiger partial charge in [0.05, 0.1) is 19.8 Å². The number of hydrogen-bond donors (Lipinski definition) is 11. The zero-order chi connectivity index (χ0) is 26.2. The summed E-state index contributed by atoms with van der Waals surface area (Å²) in [7, 11) is 0. The van der Waals surface area contributed by atoms with Crippen LogP contribution in [0.25, 0.3) is 0 Å². The summed E-state index contributed by atoms with van der Waals surface area (Å²) in [6, 6.07) is 0. The molecule has 0 aliphatic carbocycles. The van der Waals surface area contributed by atoms with E-state index in [9.17, 15) is 60.6 Å². The average Bonchev–Trinajstić information content (AvgIpc) is 2.83. The molecule has 16 nitrogen and oxygen atoms in total. The minimum Gasteiger partial charge on any atom is -0.394 e. The zero-order valence-corrected chi connectivity index (χ0v) is 18.0. The highest BCUT2D eigenvalue weighted by Crippen LogP contribution is 2.36. The van der Waals surface area contributed by atoms with Crippen molar-refractivity contribution >= 4 is 0 Å². The third-order valence-electron chi connectivity index (χ3n) is 6.16. The molecule has 1 unspecified atom stereocenters. The van der Waals surface area contributed by atoms with E-state index in [4.69, 9.17) is 23.7 Å². The number of ether oxygens (including phenoxy) is 5. The molecule has 206 valence electrons. The Kier molecular flexibility index (Phi) is 9.36. The molecule has 3 saturated heterocycles. The minimum atomic E-state index is -3.75. The van der Waals surface area contributed by atoms with Crippen LogP contribution in [0.1, 0.15) is 0 Å². The van der Waals surface area contributed by atoms with E-state index in [2.05, 4.69) is 0 Å². The SMILES string of the molecule is OC[C@H]1O[C@H](O[C@H]2[C@H](O)[C@@H](O)[C@@H](O[C@H]3[C@H](O)[C@@H](O)C(O)O[C@@H]3CO)O[C@@H]2CO)[C@@](O)(F)[C@@H](O)[C@@H]1O. The molecule has 3 heterocycles. The van der Waals surface area contributed by atoms with Crippen molar-refractivity contribution < 1.29 is 84.2 Å². The number of aliphatic hydroxyl groups is 11. The first kappa shape index (κ1) is 28.9. The lowest BCUT2D eigenvalue weighted by Gasteiger charge is -2.48. The van der Waals surface area contributed by atoms with Crippen LogP contribution in [0.3, 0.4) is 0 Å². The highest BCUT2D eigenvalue weighted by atomic mass is 19.2. The van der Waals surface area contributed by atoms with Gasteiger partial charge in [-0.15, -0.1) is 0 Å². The van der Waals surface area contributed by atoms with E-state index < -0.39 is 112 Å². The van der Waals surface area contributed by atoms with Crippen molar-refractivity contribution in [2.24, 2.45) is 0 Å². The van der Waals surface area contributed by atoms with Gasteiger partial charge >= 0.3 is 0 Å². The molecule has 3 aliphatic rings. The Balaban J connectivity index is 1.75. The molecule has 0 aromatic heterocycles. The van der Waals surface area contributed by atoms with E-state index >= 15 is 0 Å². The van der Waals surface area contributed by atoms with Gasteiger partial charge < -0.3 is 79.9 Å². The zero-order valence-electron chi connectivity index (χ0n) is 18.0. The lowest BCUT2D eigenvalue weighted by molar-refractivity contribution is -0.411. The molecular formula is C18H31FO16. The molecule has 0 aromatic carbocycles. The first-order chi connectivity index (χ1) is 16.4. The minimum absolute atomic E-state index is 0.805. The Morgan fingerprint density at radius 1 is 0.629 bits per heavy atom. The Morgan fingerprint density at radius 2 is 1.14 bits per heavy atom. The maximum absolute atomic E-state index is 14.7. The van der Waals surface area contributed by atoms with Gasteiger partial charge in [-0.3, -0.25) is 0 Å². The van der Waals surface area contributed by atoms with Crippen LogP contribution in [-0.4, -0.2) is 168 Å². The van der Waals surface area contributed by atoms with Crippen LogP contribution in [-0.2, 0) is 23.7 Å². The van der Waals surface area contributed by atoms with Crippen molar-refractivity contribution in [2.45, 2.75) is 91.9 Å². The fourth-order valence-corrected chi connectivity index (χ4v) is 4.06. The van der Waals surface area contributed by atoms with E-state index in [0.29, 0.717) is 0 Å². The monoisotopic (exact) mass is 522 g/mol. The van der Waals surface area contributed by atoms with Crippen LogP contribution in [0.2, 0.25) is 0 Å². The Bertz CT molecular complexity index is 683. The number of rotatable bonds is 7. The van der Waals surface area contributed by atoms with Gasteiger partial charge in [-0.1, -0.05) is 0 Å². The number of alkyl halides is 1. The van der Waals surface area contributed by atoms with Gasteiger partial charge in [0.15, 0.2) is 12.6 Å². The molecule has 0 radical (unpaired) electrons. The third-order valence-corrected chi connectivity index (χ3v) is 6.16. The van der Waals surface area contributed by atoms with Crippen molar-refractivity contribution in [1.82, 2.24) is 0 Å². The van der Waals surface area contributed by atoms with Crippen LogP contribution in [0, 0.1) is 0 Å². The summed E-state index contributed by atoms with van der Waals surface area (Å²) < 4.78 is 40.4. The molecular weight excluding hydrogens is 491 g/mol. The second kappa shape index (κ2) is 11.4. The second-order valence-corrected chi connectivity index (χ2v) is 8.49. The summed E-state index contributed by atoms with van der Waals surface area (Å²) in [5.41, 5.74) is 0. The first-order valence-corrected chi connectivity index (χ1v) is 10.7. The quantitative estimate of drug-likeness (QED) is 0.148. The fraction of sp³-hybridized carbons (Fsp3) is 1.00. The molecule has 3 fully saturated rings. The average molecular weight is 522 g/mol. The van der Waals surface area contributed by atoms with Gasteiger partial charge in [0.1, 0.15) is 67.1 Å². The predicted molar refractivity (Wildman–Crippen MR) is 101 cm³/mol. The highest BCUT2D eigenvalue weighted by molar-refractivity contribution is 4.98. The fourth-order valence-electron chi connectivity index (χ4n) is 4.06. The Morgan fingerprint density at radius 3 is 1.71 bits per heavy atom. The smallest absolute Gasteiger partial charge is 0.287 e. The number of hydrogen-bond acceptors (Lipinski definition) is 16. The summed E-state index contributed by atoms with van der Waals surface area (Å²) in [5.74, 6) is -3.75. The van der Waals surface area contributed by atoms with E-state index in [0.717, 1.165) is 0 Å². The molecule has 0 saturated carbocycles. The van der Waals surface area contributed by atoms with Crippen molar-refractivity contribution in [1.29, 1.82) is 0 Å². The largest absolute Gasteiger partial charge is 0.394 e. The topological polar surface area (TPSA) is 269 Å². The number of aliphatic hydroxyl groups excluding tert-OH is 10. The molecule has 15 atom stereocenters. The Hall–Kier alpha value is -0.710. The van der Waals surface area contributed by atoms with Crippen molar-refractivity contribution in [3.05, 3.63) is 0 Å². The van der Waals surface area contributed by atoms with Gasteiger partial charge in [-0.2, -0.15) is 0 Å². The normalized spacial score (nSPS) is 53.5. The van der Waals surface area contributed by atoms with Crippen LogP contribution < -0.4 is 0 Å². The van der Waals surface area contributed by atoms with E-state index in [-0.39, 0.29) is 0 Å². The van der Waals surface area contributed by atoms with Gasteiger partial charge in [0, 0.05) is 0 Å². The summed E-state index contributed by atoms with van der Waals surface area (Å²) in [6.07, 6.45) is -26.5. The summed E-state index contributed by atoms with van der Waals surface area (Å²) in [4.78, 5) is 0. The second-order valence-electron chi connectivity index (χ2n) is 8.49.